The van der Waals surface area contributed by atoms with E-state index in [0.717, 1.165) is 25.7 Å². The van der Waals surface area contributed by atoms with Gasteiger partial charge in [-0.1, -0.05) is 0 Å². The normalized spacial score (nSPS) is 24.2. The molecule has 0 atom stereocenters. The lowest BCUT2D eigenvalue weighted by molar-refractivity contribution is 0.0215. The second kappa shape index (κ2) is 5.48. The summed E-state index contributed by atoms with van der Waals surface area (Å²) in [4.78, 5) is 25.3. The predicted octanol–water partition coefficient (Wildman–Crippen LogP) is 1.76. The molecule has 5 nitrogen and oxygen atoms in total. The second-order valence-electron chi connectivity index (χ2n) is 6.06. The molecule has 2 saturated carbocycles. The van der Waals surface area contributed by atoms with Crippen LogP contribution < -0.4 is 0 Å². The number of amides is 1. The molecule has 0 spiro atoms. The van der Waals surface area contributed by atoms with Gasteiger partial charge in [-0.2, -0.15) is 0 Å². The highest BCUT2D eigenvalue weighted by Crippen LogP contribution is 2.34. The van der Waals surface area contributed by atoms with Crippen LogP contribution in [0.25, 0.3) is 0 Å². The Bertz CT molecular complexity index is 544. The SMILES string of the molecule is O=C(O)c1ccc(C(=O)N(CC2CC(O)C2)C2CC2)cc1. The molecule has 2 N–H and O–H groups in total. The molecule has 0 saturated heterocycles. The van der Waals surface area contributed by atoms with Gasteiger partial charge in [0.15, 0.2) is 0 Å². The van der Waals surface area contributed by atoms with Gasteiger partial charge in [0.25, 0.3) is 5.91 Å². The summed E-state index contributed by atoms with van der Waals surface area (Å²) in [5.74, 6) is -0.629. The number of hydrogen-bond donors (Lipinski definition) is 2. The van der Waals surface area contributed by atoms with Crippen LogP contribution in [0.3, 0.4) is 0 Å². The number of aliphatic hydroxyl groups excluding tert-OH is 1. The van der Waals surface area contributed by atoms with Crippen molar-refractivity contribution in [2.75, 3.05) is 6.54 Å². The Morgan fingerprint density at radius 1 is 1.10 bits per heavy atom. The maximum Gasteiger partial charge on any atom is 0.335 e. The zero-order valence-corrected chi connectivity index (χ0v) is 11.7. The Kier molecular flexibility index (Phi) is 3.68. The lowest BCUT2D eigenvalue weighted by Gasteiger charge is -2.36. The molecular formula is C16H19NO4. The van der Waals surface area contributed by atoms with Crippen LogP contribution in [0.5, 0.6) is 0 Å². The smallest absolute Gasteiger partial charge is 0.335 e. The zero-order chi connectivity index (χ0) is 15.0. The van der Waals surface area contributed by atoms with Crippen molar-refractivity contribution in [1.29, 1.82) is 0 Å². The van der Waals surface area contributed by atoms with Crippen LogP contribution in [0.15, 0.2) is 24.3 Å². The van der Waals surface area contributed by atoms with Crippen LogP contribution in [-0.2, 0) is 0 Å². The first-order valence-corrected chi connectivity index (χ1v) is 7.37. The average Bonchev–Trinajstić information content (AvgIpc) is 3.26. The topological polar surface area (TPSA) is 77.8 Å². The first kappa shape index (κ1) is 14.1. The van der Waals surface area contributed by atoms with Crippen LogP contribution in [0.4, 0.5) is 0 Å². The van der Waals surface area contributed by atoms with E-state index in [2.05, 4.69) is 0 Å². The van der Waals surface area contributed by atoms with Crippen molar-refractivity contribution in [3.63, 3.8) is 0 Å². The van der Waals surface area contributed by atoms with Gasteiger partial charge in [0.05, 0.1) is 11.7 Å². The van der Waals surface area contributed by atoms with Crippen molar-refractivity contribution in [1.82, 2.24) is 4.90 Å². The Labute approximate surface area is 123 Å². The van der Waals surface area contributed by atoms with Crippen molar-refractivity contribution < 1.29 is 19.8 Å². The van der Waals surface area contributed by atoms with Gasteiger partial charge in [0, 0.05) is 18.2 Å². The van der Waals surface area contributed by atoms with E-state index in [9.17, 15) is 14.7 Å². The Morgan fingerprint density at radius 2 is 1.67 bits per heavy atom. The van der Waals surface area contributed by atoms with E-state index in [-0.39, 0.29) is 17.6 Å². The van der Waals surface area contributed by atoms with Crippen molar-refractivity contribution >= 4 is 11.9 Å². The van der Waals surface area contributed by atoms with E-state index in [1.165, 1.54) is 12.1 Å². The number of carbonyl (C=O) groups excluding carboxylic acids is 1. The number of hydrogen-bond acceptors (Lipinski definition) is 3. The lowest BCUT2D eigenvalue weighted by atomic mass is 9.82. The van der Waals surface area contributed by atoms with Crippen LogP contribution >= 0.6 is 0 Å². The molecule has 0 unspecified atom stereocenters. The third kappa shape index (κ3) is 3.08. The molecule has 1 aromatic rings. The molecule has 1 amide bonds. The first-order chi connectivity index (χ1) is 10.0. The molecule has 2 aliphatic rings. The average molecular weight is 289 g/mol. The largest absolute Gasteiger partial charge is 0.478 e. The number of rotatable bonds is 5. The summed E-state index contributed by atoms with van der Waals surface area (Å²) in [6, 6.07) is 6.41. The summed E-state index contributed by atoms with van der Waals surface area (Å²) in [5.41, 5.74) is 0.721. The van der Waals surface area contributed by atoms with Gasteiger partial charge in [-0.3, -0.25) is 4.79 Å². The number of carboxylic acid groups (broad SMARTS) is 1. The standard InChI is InChI=1S/C16H19NO4/c18-14-7-10(8-14)9-17(13-5-6-13)15(19)11-1-3-12(4-2-11)16(20)21/h1-4,10,13-14,18H,5-9H2,(H,20,21). The molecule has 2 fully saturated rings. The maximum absolute atomic E-state index is 12.6. The van der Waals surface area contributed by atoms with Gasteiger partial charge in [-0.25, -0.2) is 4.79 Å². The monoisotopic (exact) mass is 289 g/mol. The maximum atomic E-state index is 12.6. The number of carboxylic acids is 1. The van der Waals surface area contributed by atoms with Gasteiger partial charge in [0.1, 0.15) is 0 Å². The number of aliphatic hydroxyl groups is 1. The van der Waals surface area contributed by atoms with Crippen LogP contribution in [0.2, 0.25) is 0 Å². The minimum absolute atomic E-state index is 0.0316. The van der Waals surface area contributed by atoms with E-state index in [0.29, 0.717) is 24.1 Å². The molecule has 0 heterocycles. The lowest BCUT2D eigenvalue weighted by Crippen LogP contribution is -2.42. The third-order valence-electron chi connectivity index (χ3n) is 4.29. The fourth-order valence-electron chi connectivity index (χ4n) is 2.83. The molecule has 0 bridgehead atoms. The van der Waals surface area contributed by atoms with E-state index in [1.807, 2.05) is 4.90 Å². The number of aromatic carboxylic acids is 1. The summed E-state index contributed by atoms with van der Waals surface area (Å²) in [5, 5.41) is 18.3. The molecule has 2 aliphatic carbocycles. The van der Waals surface area contributed by atoms with Gasteiger partial charge in [0.2, 0.25) is 0 Å². The van der Waals surface area contributed by atoms with Gasteiger partial charge < -0.3 is 15.1 Å². The summed E-state index contributed by atoms with van der Waals surface area (Å²) in [6.45, 7) is 0.696. The number of carbonyl (C=O) groups is 2. The molecule has 1 aromatic carbocycles. The van der Waals surface area contributed by atoms with E-state index in [4.69, 9.17) is 5.11 Å². The molecule has 112 valence electrons. The van der Waals surface area contributed by atoms with E-state index in [1.54, 1.807) is 12.1 Å². The highest BCUT2D eigenvalue weighted by Gasteiger charge is 2.37. The van der Waals surface area contributed by atoms with Gasteiger partial charge in [-0.15, -0.1) is 0 Å². The number of benzene rings is 1. The molecular weight excluding hydrogens is 270 g/mol. The highest BCUT2D eigenvalue weighted by molar-refractivity contribution is 5.96. The summed E-state index contributed by atoms with van der Waals surface area (Å²) in [7, 11) is 0. The molecule has 0 radical (unpaired) electrons. The second-order valence-corrected chi connectivity index (χ2v) is 6.06. The summed E-state index contributed by atoms with van der Waals surface area (Å²) < 4.78 is 0. The predicted molar refractivity (Wildman–Crippen MR) is 76.2 cm³/mol. The minimum atomic E-state index is -0.989. The quantitative estimate of drug-likeness (QED) is 0.866. The summed E-state index contributed by atoms with van der Waals surface area (Å²) >= 11 is 0. The Morgan fingerprint density at radius 3 is 2.14 bits per heavy atom. The van der Waals surface area contributed by atoms with Crippen LogP contribution in [0, 0.1) is 5.92 Å². The van der Waals surface area contributed by atoms with Crippen molar-refractivity contribution in [3.05, 3.63) is 35.4 Å². The third-order valence-corrected chi connectivity index (χ3v) is 4.29. The molecule has 3 rings (SSSR count). The minimum Gasteiger partial charge on any atom is -0.478 e. The van der Waals surface area contributed by atoms with Crippen molar-refractivity contribution in [3.8, 4) is 0 Å². The van der Waals surface area contributed by atoms with Gasteiger partial charge in [-0.05, 0) is 55.9 Å². The van der Waals surface area contributed by atoms with E-state index >= 15 is 0 Å². The summed E-state index contributed by atoms with van der Waals surface area (Å²) in [6.07, 6.45) is 3.41. The molecule has 0 aromatic heterocycles. The van der Waals surface area contributed by atoms with Crippen LogP contribution in [-0.4, -0.2) is 45.7 Å². The molecule has 0 aliphatic heterocycles. The zero-order valence-electron chi connectivity index (χ0n) is 11.7. The van der Waals surface area contributed by atoms with Crippen LogP contribution in [0.1, 0.15) is 46.4 Å². The Hall–Kier alpha value is -1.88. The van der Waals surface area contributed by atoms with E-state index < -0.39 is 5.97 Å². The first-order valence-electron chi connectivity index (χ1n) is 7.37. The molecule has 21 heavy (non-hydrogen) atoms. The molecule has 5 heteroatoms. The fourth-order valence-corrected chi connectivity index (χ4v) is 2.83. The van der Waals surface area contributed by atoms with Crippen molar-refractivity contribution in [2.24, 2.45) is 5.92 Å². The van der Waals surface area contributed by atoms with Crippen molar-refractivity contribution in [2.45, 2.75) is 37.8 Å². The fraction of sp³-hybridized carbons (Fsp3) is 0.500. The Balaban J connectivity index is 1.69. The number of nitrogens with zero attached hydrogens (tertiary/aromatic N) is 1. The van der Waals surface area contributed by atoms with Gasteiger partial charge >= 0.3 is 5.97 Å². The highest BCUT2D eigenvalue weighted by atomic mass is 16.4.